The Balaban J connectivity index is 3.57. The van der Waals surface area contributed by atoms with Crippen molar-refractivity contribution < 1.29 is 24.2 Å². The lowest BCUT2D eigenvalue weighted by atomic mass is 10.0. The summed E-state index contributed by atoms with van der Waals surface area (Å²) in [6.07, 6.45) is 34.0. The van der Waals surface area contributed by atoms with Gasteiger partial charge in [-0.05, 0) is 38.5 Å². The molecule has 0 aromatic heterocycles. The number of unbranched alkanes of at least 4 members (excludes halogenated alkanes) is 21. The van der Waals surface area contributed by atoms with Gasteiger partial charge in [0.1, 0.15) is 6.61 Å². The van der Waals surface area contributed by atoms with Gasteiger partial charge in [-0.25, -0.2) is 0 Å². The molecule has 0 spiro atoms. The lowest BCUT2D eigenvalue weighted by molar-refractivity contribution is -0.161. The van der Waals surface area contributed by atoms with Gasteiger partial charge in [0.2, 0.25) is 0 Å². The Hall–Kier alpha value is -1.36. The van der Waals surface area contributed by atoms with E-state index in [-0.39, 0.29) is 25.2 Å². The number of carbonyl (C=O) groups excluding carboxylic acids is 2. The third-order valence-corrected chi connectivity index (χ3v) is 7.56. The zero-order chi connectivity index (χ0) is 29.4. The van der Waals surface area contributed by atoms with E-state index in [4.69, 9.17) is 9.47 Å². The highest BCUT2D eigenvalue weighted by atomic mass is 16.6. The summed E-state index contributed by atoms with van der Waals surface area (Å²) in [4.78, 5) is 24.1. The summed E-state index contributed by atoms with van der Waals surface area (Å²) in [6, 6.07) is 0. The average Bonchev–Trinajstić information content (AvgIpc) is 2.96. The topological polar surface area (TPSA) is 72.8 Å². The largest absolute Gasteiger partial charge is 0.462 e. The fraction of sp³-hybridized carbons (Fsp3) is 0.886. The first kappa shape index (κ1) is 38.6. The molecule has 5 nitrogen and oxygen atoms in total. The van der Waals surface area contributed by atoms with Gasteiger partial charge >= 0.3 is 11.9 Å². The number of aliphatic hydroxyl groups is 1. The minimum Gasteiger partial charge on any atom is -0.462 e. The molecular weight excluding hydrogens is 500 g/mol. The van der Waals surface area contributed by atoms with Crippen LogP contribution in [0.4, 0.5) is 0 Å². The summed E-state index contributed by atoms with van der Waals surface area (Å²) in [5, 5.41) is 9.50. The number of carbonyl (C=O) groups is 2. The summed E-state index contributed by atoms with van der Waals surface area (Å²) >= 11 is 0. The first-order valence-corrected chi connectivity index (χ1v) is 17.2. The average molecular weight is 567 g/mol. The van der Waals surface area contributed by atoms with E-state index in [0.29, 0.717) is 12.8 Å². The first-order valence-electron chi connectivity index (χ1n) is 17.2. The van der Waals surface area contributed by atoms with E-state index in [1.807, 2.05) is 0 Å². The maximum atomic E-state index is 12.1. The van der Waals surface area contributed by atoms with E-state index in [1.165, 1.54) is 109 Å². The van der Waals surface area contributed by atoms with Gasteiger partial charge in [-0.2, -0.15) is 0 Å². The lowest BCUT2D eigenvalue weighted by Gasteiger charge is -2.15. The van der Waals surface area contributed by atoms with Gasteiger partial charge in [-0.15, -0.1) is 0 Å². The smallest absolute Gasteiger partial charge is 0.306 e. The molecule has 0 saturated heterocycles. The van der Waals surface area contributed by atoms with Crippen LogP contribution in [0.3, 0.4) is 0 Å². The molecule has 0 rings (SSSR count). The molecule has 0 saturated carbocycles. The molecule has 0 radical (unpaired) electrons. The predicted molar refractivity (Wildman–Crippen MR) is 168 cm³/mol. The Morgan fingerprint density at radius 3 is 1.38 bits per heavy atom. The van der Waals surface area contributed by atoms with Crippen LogP contribution in [0.1, 0.15) is 181 Å². The SMILES string of the molecule is CCCCCC/C=C/CCCCCCCC(=O)OC[C@H](CO)OC(=O)CCCCCCCCCCCCCCC. The molecule has 1 atom stereocenters. The number of ether oxygens (including phenoxy) is 2. The zero-order valence-corrected chi connectivity index (χ0v) is 26.6. The van der Waals surface area contributed by atoms with E-state index in [9.17, 15) is 14.7 Å². The van der Waals surface area contributed by atoms with Crippen LogP contribution < -0.4 is 0 Å². The summed E-state index contributed by atoms with van der Waals surface area (Å²) in [5.41, 5.74) is 0. The molecule has 5 heteroatoms. The summed E-state index contributed by atoms with van der Waals surface area (Å²) in [6.45, 7) is 4.11. The highest BCUT2D eigenvalue weighted by molar-refractivity contribution is 5.70. The summed E-state index contributed by atoms with van der Waals surface area (Å²) in [5.74, 6) is -0.596. The van der Waals surface area contributed by atoms with Crippen molar-refractivity contribution in [1.29, 1.82) is 0 Å². The van der Waals surface area contributed by atoms with Crippen LogP contribution in [-0.4, -0.2) is 36.4 Å². The number of allylic oxidation sites excluding steroid dienone is 2. The van der Waals surface area contributed by atoms with Crippen LogP contribution >= 0.6 is 0 Å². The van der Waals surface area contributed by atoms with Gasteiger partial charge in [0.05, 0.1) is 6.61 Å². The molecule has 0 amide bonds. The van der Waals surface area contributed by atoms with Crippen LogP contribution in [0, 0.1) is 0 Å². The highest BCUT2D eigenvalue weighted by Gasteiger charge is 2.16. The fourth-order valence-electron chi connectivity index (χ4n) is 4.90. The molecule has 0 aromatic carbocycles. The molecule has 40 heavy (non-hydrogen) atoms. The van der Waals surface area contributed by atoms with E-state index < -0.39 is 6.10 Å². The van der Waals surface area contributed by atoms with Crippen molar-refractivity contribution in [3.63, 3.8) is 0 Å². The fourth-order valence-corrected chi connectivity index (χ4v) is 4.90. The van der Waals surface area contributed by atoms with Crippen molar-refractivity contribution >= 4 is 11.9 Å². The van der Waals surface area contributed by atoms with Crippen LogP contribution in [0.15, 0.2) is 12.2 Å². The maximum absolute atomic E-state index is 12.1. The second kappa shape index (κ2) is 32.2. The van der Waals surface area contributed by atoms with Gasteiger partial charge in [0.15, 0.2) is 6.10 Å². The maximum Gasteiger partial charge on any atom is 0.306 e. The zero-order valence-electron chi connectivity index (χ0n) is 26.6. The first-order chi connectivity index (χ1) is 19.6. The van der Waals surface area contributed by atoms with Gasteiger partial charge in [-0.3, -0.25) is 9.59 Å². The molecule has 0 bridgehead atoms. The van der Waals surface area contributed by atoms with Gasteiger partial charge < -0.3 is 14.6 Å². The van der Waals surface area contributed by atoms with E-state index in [0.717, 1.165) is 44.9 Å². The quantitative estimate of drug-likeness (QED) is 0.0513. The van der Waals surface area contributed by atoms with Crippen molar-refractivity contribution in [3.05, 3.63) is 12.2 Å². The van der Waals surface area contributed by atoms with Crippen molar-refractivity contribution in [2.24, 2.45) is 0 Å². The normalized spacial score (nSPS) is 12.2. The molecule has 0 aliphatic heterocycles. The molecule has 236 valence electrons. The van der Waals surface area contributed by atoms with Crippen LogP contribution in [0.2, 0.25) is 0 Å². The lowest BCUT2D eigenvalue weighted by Crippen LogP contribution is -2.28. The van der Waals surface area contributed by atoms with E-state index in [2.05, 4.69) is 26.0 Å². The van der Waals surface area contributed by atoms with Gasteiger partial charge in [0, 0.05) is 12.8 Å². The molecular formula is C35H66O5. The molecule has 0 aromatic rings. The Bertz CT molecular complexity index is 574. The Morgan fingerprint density at radius 1 is 0.550 bits per heavy atom. The summed E-state index contributed by atoms with van der Waals surface area (Å²) < 4.78 is 10.5. The third-order valence-electron chi connectivity index (χ3n) is 7.56. The van der Waals surface area contributed by atoms with Crippen molar-refractivity contribution in [1.82, 2.24) is 0 Å². The standard InChI is InChI=1S/C35H66O5/c1-3-5-7-9-11-13-15-17-19-21-23-25-27-29-34(37)39-32-33(31-36)40-35(38)30-28-26-24-22-20-18-16-14-12-10-8-6-4-2/h13,15,33,36H,3-12,14,16-32H2,1-2H3/b15-13+/t33-/m0/s1. The Morgan fingerprint density at radius 2 is 0.925 bits per heavy atom. The third kappa shape index (κ3) is 29.6. The monoisotopic (exact) mass is 566 g/mol. The molecule has 1 N–H and O–H groups in total. The minimum atomic E-state index is -0.766. The number of aliphatic hydroxyl groups excluding tert-OH is 1. The van der Waals surface area contributed by atoms with Crippen molar-refractivity contribution in [2.75, 3.05) is 13.2 Å². The second-order valence-corrected chi connectivity index (χ2v) is 11.6. The predicted octanol–water partition coefficient (Wildman–Crippen LogP) is 10.2. The number of rotatable bonds is 31. The number of esters is 2. The van der Waals surface area contributed by atoms with Crippen LogP contribution in [0.25, 0.3) is 0 Å². The minimum absolute atomic E-state index is 0.0650. The molecule has 0 aliphatic carbocycles. The van der Waals surface area contributed by atoms with Gasteiger partial charge in [-0.1, -0.05) is 142 Å². The van der Waals surface area contributed by atoms with Crippen molar-refractivity contribution in [3.8, 4) is 0 Å². The molecule has 0 aliphatic rings. The van der Waals surface area contributed by atoms with E-state index >= 15 is 0 Å². The molecule has 0 unspecified atom stereocenters. The Kier molecular flexibility index (Phi) is 31.1. The Labute approximate surface area is 248 Å². The van der Waals surface area contributed by atoms with Crippen molar-refractivity contribution in [2.45, 2.75) is 187 Å². The van der Waals surface area contributed by atoms with Crippen LogP contribution in [-0.2, 0) is 19.1 Å². The molecule has 0 fully saturated rings. The molecule has 0 heterocycles. The summed E-state index contributed by atoms with van der Waals surface area (Å²) in [7, 11) is 0. The highest BCUT2D eigenvalue weighted by Crippen LogP contribution is 2.14. The second-order valence-electron chi connectivity index (χ2n) is 11.6. The van der Waals surface area contributed by atoms with E-state index in [1.54, 1.807) is 0 Å². The van der Waals surface area contributed by atoms with Crippen LogP contribution in [0.5, 0.6) is 0 Å². The van der Waals surface area contributed by atoms with Gasteiger partial charge in [0.25, 0.3) is 0 Å². The number of hydrogen-bond acceptors (Lipinski definition) is 5. The number of hydrogen-bond donors (Lipinski definition) is 1.